The molecule has 0 atom stereocenters. The van der Waals surface area contributed by atoms with Crippen molar-refractivity contribution in [2.24, 2.45) is 0 Å². The monoisotopic (exact) mass is 298 g/mol. The molecule has 0 unspecified atom stereocenters. The molecule has 0 heterocycles. The molecule has 1 rings (SSSR count). The van der Waals surface area contributed by atoms with Gasteiger partial charge in [-0.3, -0.25) is 0 Å². The van der Waals surface area contributed by atoms with Crippen LogP contribution in [-0.2, 0) is 5.41 Å². The average Bonchev–Trinajstić information content (AvgIpc) is 2.28. The number of para-hydroxylation sites is 1. The van der Waals surface area contributed by atoms with Crippen LogP contribution in [0.1, 0.15) is 45.6 Å². The zero-order valence-corrected chi connectivity index (χ0v) is 12.7. The highest BCUT2D eigenvalue weighted by molar-refractivity contribution is 9.09. The maximum Gasteiger partial charge on any atom is 0.123 e. The number of rotatable bonds is 6. The Morgan fingerprint density at radius 3 is 2.41 bits per heavy atom. The quantitative estimate of drug-likeness (QED) is 0.534. The highest BCUT2D eigenvalue weighted by Crippen LogP contribution is 2.30. The maximum atomic E-state index is 5.89. The number of ether oxygens (including phenoxy) is 1. The van der Waals surface area contributed by atoms with Crippen molar-refractivity contribution in [2.75, 3.05) is 11.9 Å². The third kappa shape index (κ3) is 5.12. The maximum absolute atomic E-state index is 5.89. The van der Waals surface area contributed by atoms with Gasteiger partial charge in [0, 0.05) is 5.33 Å². The first-order valence-electron chi connectivity index (χ1n) is 6.34. The summed E-state index contributed by atoms with van der Waals surface area (Å²) in [6.45, 7) is 7.49. The van der Waals surface area contributed by atoms with Crippen LogP contribution in [-0.4, -0.2) is 11.9 Å². The first kappa shape index (κ1) is 14.6. The number of benzene rings is 1. The number of hydrogen-bond donors (Lipinski definition) is 0. The normalized spacial score (nSPS) is 11.5. The molecule has 0 saturated heterocycles. The third-order valence-electron chi connectivity index (χ3n) is 2.73. The first-order valence-corrected chi connectivity index (χ1v) is 7.46. The van der Waals surface area contributed by atoms with Gasteiger partial charge in [0.2, 0.25) is 0 Å². The largest absolute Gasteiger partial charge is 0.493 e. The van der Waals surface area contributed by atoms with E-state index in [1.54, 1.807) is 0 Å². The fourth-order valence-corrected chi connectivity index (χ4v) is 2.16. The van der Waals surface area contributed by atoms with Gasteiger partial charge >= 0.3 is 0 Å². The number of unbranched alkanes of at least 4 members (excludes halogenated alkanes) is 2. The second-order valence-electron chi connectivity index (χ2n) is 5.34. The van der Waals surface area contributed by atoms with Crippen molar-refractivity contribution in [3.05, 3.63) is 29.8 Å². The van der Waals surface area contributed by atoms with E-state index in [4.69, 9.17) is 4.74 Å². The lowest BCUT2D eigenvalue weighted by Crippen LogP contribution is -2.13. The Labute approximate surface area is 114 Å². The van der Waals surface area contributed by atoms with Crippen LogP contribution in [0.15, 0.2) is 24.3 Å². The van der Waals surface area contributed by atoms with E-state index in [1.807, 2.05) is 6.07 Å². The molecule has 0 aliphatic heterocycles. The van der Waals surface area contributed by atoms with Crippen LogP contribution >= 0.6 is 15.9 Å². The molecule has 96 valence electrons. The van der Waals surface area contributed by atoms with Gasteiger partial charge in [-0.05, 0) is 36.3 Å². The van der Waals surface area contributed by atoms with Crippen LogP contribution in [0.5, 0.6) is 5.75 Å². The van der Waals surface area contributed by atoms with E-state index in [1.165, 1.54) is 18.4 Å². The minimum absolute atomic E-state index is 0.145. The number of halogens is 1. The summed E-state index contributed by atoms with van der Waals surface area (Å²) in [6.07, 6.45) is 3.58. The molecule has 1 nitrogen and oxygen atoms in total. The van der Waals surface area contributed by atoms with E-state index in [9.17, 15) is 0 Å². The highest BCUT2D eigenvalue weighted by Gasteiger charge is 2.17. The molecule has 1 aromatic rings. The standard InChI is InChI=1S/C15H23BrO/c1-15(2,3)13-9-5-6-10-14(13)17-12-8-4-7-11-16/h5-6,9-10H,4,7-8,11-12H2,1-3H3. The fraction of sp³-hybridized carbons (Fsp3) is 0.600. The smallest absolute Gasteiger partial charge is 0.123 e. The molecule has 0 fully saturated rings. The van der Waals surface area contributed by atoms with E-state index in [0.29, 0.717) is 0 Å². The van der Waals surface area contributed by atoms with Crippen molar-refractivity contribution < 1.29 is 4.74 Å². The summed E-state index contributed by atoms with van der Waals surface area (Å²) < 4.78 is 5.89. The minimum Gasteiger partial charge on any atom is -0.493 e. The van der Waals surface area contributed by atoms with E-state index >= 15 is 0 Å². The molecule has 0 radical (unpaired) electrons. The van der Waals surface area contributed by atoms with Gasteiger partial charge in [0.05, 0.1) is 6.61 Å². The van der Waals surface area contributed by atoms with Gasteiger partial charge in [-0.25, -0.2) is 0 Å². The van der Waals surface area contributed by atoms with Crippen molar-refractivity contribution >= 4 is 15.9 Å². The summed E-state index contributed by atoms with van der Waals surface area (Å²) in [7, 11) is 0. The van der Waals surface area contributed by atoms with Gasteiger partial charge in [-0.1, -0.05) is 54.9 Å². The van der Waals surface area contributed by atoms with Crippen LogP contribution in [0.4, 0.5) is 0 Å². The van der Waals surface area contributed by atoms with Crippen LogP contribution in [0.2, 0.25) is 0 Å². The lowest BCUT2D eigenvalue weighted by atomic mass is 9.86. The Hall–Kier alpha value is -0.500. The first-order chi connectivity index (χ1) is 8.05. The Balaban J connectivity index is 2.53. The molecule has 0 N–H and O–H groups in total. The van der Waals surface area contributed by atoms with Crippen molar-refractivity contribution in [1.82, 2.24) is 0 Å². The van der Waals surface area contributed by atoms with Crippen LogP contribution in [0.3, 0.4) is 0 Å². The van der Waals surface area contributed by atoms with Crippen LogP contribution < -0.4 is 4.74 Å². The molecular weight excluding hydrogens is 276 g/mol. The molecule has 17 heavy (non-hydrogen) atoms. The Morgan fingerprint density at radius 2 is 1.76 bits per heavy atom. The number of alkyl halides is 1. The van der Waals surface area contributed by atoms with Crippen molar-refractivity contribution in [1.29, 1.82) is 0 Å². The molecule has 0 aromatic heterocycles. The molecule has 2 heteroatoms. The summed E-state index contributed by atoms with van der Waals surface area (Å²) in [5.74, 6) is 1.04. The summed E-state index contributed by atoms with van der Waals surface area (Å²) in [5.41, 5.74) is 1.44. The molecule has 0 aliphatic rings. The molecule has 0 spiro atoms. The summed E-state index contributed by atoms with van der Waals surface area (Å²) >= 11 is 3.44. The van der Waals surface area contributed by atoms with Crippen molar-refractivity contribution in [2.45, 2.75) is 45.4 Å². The second-order valence-corrected chi connectivity index (χ2v) is 6.14. The van der Waals surface area contributed by atoms with E-state index in [-0.39, 0.29) is 5.41 Å². The topological polar surface area (TPSA) is 9.23 Å². The molecule has 1 aromatic carbocycles. The highest BCUT2D eigenvalue weighted by atomic mass is 79.9. The van der Waals surface area contributed by atoms with Crippen molar-refractivity contribution in [3.63, 3.8) is 0 Å². The predicted molar refractivity (Wildman–Crippen MR) is 78.3 cm³/mol. The average molecular weight is 299 g/mol. The predicted octanol–water partition coefficient (Wildman–Crippen LogP) is 4.93. The molecule has 0 amide bonds. The summed E-state index contributed by atoms with van der Waals surface area (Å²) in [4.78, 5) is 0. The molecule has 0 bridgehead atoms. The van der Waals surface area contributed by atoms with Crippen molar-refractivity contribution in [3.8, 4) is 5.75 Å². The van der Waals surface area contributed by atoms with Gasteiger partial charge in [0.25, 0.3) is 0 Å². The van der Waals surface area contributed by atoms with Gasteiger partial charge in [0.1, 0.15) is 5.75 Å². The van der Waals surface area contributed by atoms with Crippen LogP contribution in [0, 0.1) is 0 Å². The van der Waals surface area contributed by atoms with Gasteiger partial charge in [-0.2, -0.15) is 0 Å². The molecular formula is C15H23BrO. The van der Waals surface area contributed by atoms with Gasteiger partial charge < -0.3 is 4.74 Å². The zero-order chi connectivity index (χ0) is 12.7. The number of hydrogen-bond acceptors (Lipinski definition) is 1. The fourth-order valence-electron chi connectivity index (χ4n) is 1.77. The lowest BCUT2D eigenvalue weighted by molar-refractivity contribution is 0.298. The minimum atomic E-state index is 0.145. The van der Waals surface area contributed by atoms with E-state index in [2.05, 4.69) is 54.9 Å². The molecule has 0 aliphatic carbocycles. The summed E-state index contributed by atoms with van der Waals surface area (Å²) in [6, 6.07) is 8.36. The third-order valence-corrected chi connectivity index (χ3v) is 3.29. The van der Waals surface area contributed by atoms with E-state index in [0.717, 1.165) is 24.1 Å². The van der Waals surface area contributed by atoms with E-state index < -0.39 is 0 Å². The zero-order valence-electron chi connectivity index (χ0n) is 11.1. The second kappa shape index (κ2) is 7.05. The van der Waals surface area contributed by atoms with Gasteiger partial charge in [0.15, 0.2) is 0 Å². The summed E-state index contributed by atoms with van der Waals surface area (Å²) in [5, 5.41) is 1.09. The SMILES string of the molecule is CC(C)(C)c1ccccc1OCCCCCBr. The Kier molecular flexibility index (Phi) is 6.04. The lowest BCUT2D eigenvalue weighted by Gasteiger charge is -2.22. The van der Waals surface area contributed by atoms with Gasteiger partial charge in [-0.15, -0.1) is 0 Å². The molecule has 0 saturated carbocycles. The Morgan fingerprint density at radius 1 is 1.06 bits per heavy atom. The van der Waals surface area contributed by atoms with Crippen LogP contribution in [0.25, 0.3) is 0 Å². The Bertz CT molecular complexity index is 328.